The summed E-state index contributed by atoms with van der Waals surface area (Å²) in [6.07, 6.45) is 2.32. The lowest BCUT2D eigenvalue weighted by molar-refractivity contribution is 0.0458. The van der Waals surface area contributed by atoms with Crippen molar-refractivity contribution in [3.05, 3.63) is 53.9 Å². The number of hydrogen-bond donors (Lipinski definition) is 1. The number of aliphatic hydroxyl groups is 1. The SMILES string of the molecule is COc1ccc(OC[C@H](O)CN2CCN(CCc3ccccn3)CC2)c(C(C)(C)C)c1. The van der Waals surface area contributed by atoms with Crippen LogP contribution in [0.5, 0.6) is 11.5 Å². The summed E-state index contributed by atoms with van der Waals surface area (Å²) in [5.41, 5.74) is 2.16. The van der Waals surface area contributed by atoms with Crippen LogP contribution >= 0.6 is 0 Å². The average molecular weight is 428 g/mol. The Morgan fingerprint density at radius 2 is 1.81 bits per heavy atom. The van der Waals surface area contributed by atoms with Crippen molar-refractivity contribution >= 4 is 0 Å². The van der Waals surface area contributed by atoms with E-state index in [2.05, 4.69) is 41.6 Å². The second-order valence-corrected chi connectivity index (χ2v) is 9.29. The molecule has 1 aliphatic rings. The summed E-state index contributed by atoms with van der Waals surface area (Å²) in [5, 5.41) is 10.6. The first-order chi connectivity index (χ1) is 14.8. The minimum absolute atomic E-state index is 0.0690. The maximum Gasteiger partial charge on any atom is 0.123 e. The largest absolute Gasteiger partial charge is 0.497 e. The van der Waals surface area contributed by atoms with E-state index in [0.717, 1.165) is 61.9 Å². The van der Waals surface area contributed by atoms with Gasteiger partial charge < -0.3 is 19.5 Å². The Balaban J connectivity index is 1.42. The van der Waals surface area contributed by atoms with Crippen molar-refractivity contribution in [1.82, 2.24) is 14.8 Å². The van der Waals surface area contributed by atoms with Gasteiger partial charge in [0.25, 0.3) is 0 Å². The van der Waals surface area contributed by atoms with Crippen molar-refractivity contribution in [2.24, 2.45) is 0 Å². The maximum absolute atomic E-state index is 10.6. The van der Waals surface area contributed by atoms with E-state index in [1.807, 2.05) is 36.5 Å². The number of β-amino-alcohol motifs (C(OH)–C–C–N with tert-alkyl or cyclic N) is 1. The Morgan fingerprint density at radius 1 is 1.06 bits per heavy atom. The van der Waals surface area contributed by atoms with E-state index in [1.165, 1.54) is 0 Å². The number of nitrogens with zero attached hydrogens (tertiary/aromatic N) is 3. The molecule has 6 nitrogen and oxygen atoms in total. The lowest BCUT2D eigenvalue weighted by Gasteiger charge is -2.35. The number of aromatic nitrogens is 1. The van der Waals surface area contributed by atoms with Crippen LogP contribution in [0.15, 0.2) is 42.6 Å². The molecule has 0 amide bonds. The molecule has 0 bridgehead atoms. The Kier molecular flexibility index (Phi) is 8.29. The van der Waals surface area contributed by atoms with E-state index in [0.29, 0.717) is 6.54 Å². The number of hydrogen-bond acceptors (Lipinski definition) is 6. The highest BCUT2D eigenvalue weighted by molar-refractivity contribution is 5.44. The molecule has 2 heterocycles. The van der Waals surface area contributed by atoms with Gasteiger partial charge in [-0.15, -0.1) is 0 Å². The molecule has 0 unspecified atom stereocenters. The van der Waals surface area contributed by atoms with Gasteiger partial charge in [0.15, 0.2) is 0 Å². The molecule has 31 heavy (non-hydrogen) atoms. The second kappa shape index (κ2) is 10.9. The van der Waals surface area contributed by atoms with Crippen LogP contribution in [0, 0.1) is 0 Å². The normalized spacial score (nSPS) is 16.8. The number of pyridine rings is 1. The van der Waals surface area contributed by atoms with Gasteiger partial charge in [0, 0.05) is 63.1 Å². The fourth-order valence-electron chi connectivity index (χ4n) is 3.90. The Hall–Kier alpha value is -2.15. The summed E-state index contributed by atoms with van der Waals surface area (Å²) < 4.78 is 11.4. The molecule has 1 fully saturated rings. The molecule has 6 heteroatoms. The van der Waals surface area contributed by atoms with Crippen LogP contribution in [-0.4, -0.2) is 79.0 Å². The number of ether oxygens (including phenoxy) is 2. The summed E-state index contributed by atoms with van der Waals surface area (Å²) in [5.74, 6) is 1.63. The van der Waals surface area contributed by atoms with Crippen LogP contribution in [0.4, 0.5) is 0 Å². The van der Waals surface area contributed by atoms with Crippen molar-refractivity contribution in [3.8, 4) is 11.5 Å². The van der Waals surface area contributed by atoms with Crippen LogP contribution in [0.3, 0.4) is 0 Å². The van der Waals surface area contributed by atoms with E-state index in [4.69, 9.17) is 9.47 Å². The smallest absolute Gasteiger partial charge is 0.123 e. The van der Waals surface area contributed by atoms with Crippen LogP contribution in [0.25, 0.3) is 0 Å². The predicted octanol–water partition coefficient (Wildman–Crippen LogP) is 2.99. The molecular weight excluding hydrogens is 390 g/mol. The lowest BCUT2D eigenvalue weighted by atomic mass is 9.86. The van der Waals surface area contributed by atoms with Gasteiger partial charge in [-0.2, -0.15) is 0 Å². The summed E-state index contributed by atoms with van der Waals surface area (Å²) in [7, 11) is 1.67. The van der Waals surface area contributed by atoms with Crippen molar-refractivity contribution < 1.29 is 14.6 Å². The zero-order valence-electron chi connectivity index (χ0n) is 19.4. The number of aliphatic hydroxyl groups excluding tert-OH is 1. The first-order valence-corrected chi connectivity index (χ1v) is 11.2. The van der Waals surface area contributed by atoms with E-state index in [9.17, 15) is 5.11 Å². The monoisotopic (exact) mass is 427 g/mol. The van der Waals surface area contributed by atoms with Crippen molar-refractivity contribution in [1.29, 1.82) is 0 Å². The summed E-state index contributed by atoms with van der Waals surface area (Å²) in [6.45, 7) is 12.4. The molecule has 1 aromatic carbocycles. The van der Waals surface area contributed by atoms with Crippen molar-refractivity contribution in [2.75, 3.05) is 53.0 Å². The van der Waals surface area contributed by atoms with E-state index < -0.39 is 6.10 Å². The highest BCUT2D eigenvalue weighted by atomic mass is 16.5. The zero-order valence-corrected chi connectivity index (χ0v) is 19.4. The molecule has 3 rings (SSSR count). The average Bonchev–Trinajstić information content (AvgIpc) is 2.77. The van der Waals surface area contributed by atoms with Crippen LogP contribution in [0.2, 0.25) is 0 Å². The standard InChI is InChI=1S/C25H37N3O3/c1-25(2,3)23-17-22(30-4)8-9-24(23)31-19-21(29)18-28-15-13-27(14-16-28)12-10-20-7-5-6-11-26-20/h5-9,11,17,21,29H,10,12-16,18-19H2,1-4H3/t21-/m1/s1. The quantitative estimate of drug-likeness (QED) is 0.664. The summed E-state index contributed by atoms with van der Waals surface area (Å²) >= 11 is 0. The van der Waals surface area contributed by atoms with E-state index in [-0.39, 0.29) is 12.0 Å². The van der Waals surface area contributed by atoms with E-state index >= 15 is 0 Å². The fourth-order valence-corrected chi connectivity index (χ4v) is 3.90. The van der Waals surface area contributed by atoms with Crippen molar-refractivity contribution in [3.63, 3.8) is 0 Å². The molecule has 0 radical (unpaired) electrons. The zero-order chi connectivity index (χ0) is 22.3. The van der Waals surface area contributed by atoms with Gasteiger partial charge in [-0.25, -0.2) is 0 Å². The van der Waals surface area contributed by atoms with Crippen LogP contribution in [0.1, 0.15) is 32.0 Å². The first-order valence-electron chi connectivity index (χ1n) is 11.2. The van der Waals surface area contributed by atoms with Crippen LogP contribution < -0.4 is 9.47 Å². The van der Waals surface area contributed by atoms with Gasteiger partial charge in [-0.1, -0.05) is 26.8 Å². The summed E-state index contributed by atoms with van der Waals surface area (Å²) in [6, 6.07) is 11.9. The molecule has 0 aliphatic carbocycles. The molecule has 0 spiro atoms. The predicted molar refractivity (Wildman–Crippen MR) is 124 cm³/mol. The third kappa shape index (κ3) is 7.20. The molecule has 1 aromatic heterocycles. The maximum atomic E-state index is 10.6. The minimum atomic E-state index is -0.519. The highest BCUT2D eigenvalue weighted by Gasteiger charge is 2.22. The highest BCUT2D eigenvalue weighted by Crippen LogP contribution is 2.34. The topological polar surface area (TPSA) is 58.1 Å². The van der Waals surface area contributed by atoms with Gasteiger partial charge in [0.2, 0.25) is 0 Å². The minimum Gasteiger partial charge on any atom is -0.497 e. The summed E-state index contributed by atoms with van der Waals surface area (Å²) in [4.78, 5) is 9.20. The van der Waals surface area contributed by atoms with Gasteiger partial charge in [0.1, 0.15) is 24.2 Å². The lowest BCUT2D eigenvalue weighted by Crippen LogP contribution is -2.49. The molecule has 170 valence electrons. The molecule has 1 atom stereocenters. The third-order valence-electron chi connectivity index (χ3n) is 5.77. The fraction of sp³-hybridized carbons (Fsp3) is 0.560. The number of rotatable bonds is 9. The van der Waals surface area contributed by atoms with Crippen LogP contribution in [-0.2, 0) is 11.8 Å². The number of methoxy groups -OCH3 is 1. The molecule has 1 N–H and O–H groups in total. The van der Waals surface area contributed by atoms with Gasteiger partial charge in [-0.05, 0) is 35.7 Å². The van der Waals surface area contributed by atoms with Gasteiger partial charge in [0.05, 0.1) is 7.11 Å². The van der Waals surface area contributed by atoms with E-state index in [1.54, 1.807) is 7.11 Å². The molecule has 0 saturated carbocycles. The molecule has 2 aromatic rings. The molecule has 1 saturated heterocycles. The Bertz CT molecular complexity index is 799. The Labute approximate surface area is 186 Å². The first kappa shape index (κ1) is 23.5. The number of benzene rings is 1. The van der Waals surface area contributed by atoms with Gasteiger partial charge in [-0.3, -0.25) is 9.88 Å². The Morgan fingerprint density at radius 3 is 2.45 bits per heavy atom. The third-order valence-corrected chi connectivity index (χ3v) is 5.77. The molecule has 1 aliphatic heterocycles. The second-order valence-electron chi connectivity index (χ2n) is 9.29. The van der Waals surface area contributed by atoms with Gasteiger partial charge >= 0.3 is 0 Å². The molecular formula is C25H37N3O3. The van der Waals surface area contributed by atoms with Crippen molar-refractivity contribution in [2.45, 2.75) is 38.7 Å². The number of piperazine rings is 1.